The molecule has 1 amide bonds. The first kappa shape index (κ1) is 22.7. The van der Waals surface area contributed by atoms with Crippen LogP contribution in [0.5, 0.6) is 0 Å². The van der Waals surface area contributed by atoms with Crippen molar-refractivity contribution in [3.8, 4) is 17.1 Å². The van der Waals surface area contributed by atoms with Gasteiger partial charge in [-0.2, -0.15) is 13.2 Å². The van der Waals surface area contributed by atoms with Gasteiger partial charge in [-0.3, -0.25) is 20.2 Å². The summed E-state index contributed by atoms with van der Waals surface area (Å²) in [4.78, 5) is 17.2. The number of rotatable bonds is 5. The number of nitrogens with zero attached hydrogens (tertiary/aromatic N) is 2. The molecule has 4 rings (SSSR count). The fraction of sp³-hybridized carbons (Fsp3) is 0.0435. The van der Waals surface area contributed by atoms with Gasteiger partial charge in [0.15, 0.2) is 0 Å². The number of hydrogen-bond donors (Lipinski definition) is 2. The summed E-state index contributed by atoms with van der Waals surface area (Å²) < 4.78 is 41.3. The van der Waals surface area contributed by atoms with E-state index in [-0.39, 0.29) is 11.4 Å². The van der Waals surface area contributed by atoms with Crippen LogP contribution in [-0.2, 0) is 6.18 Å². The van der Waals surface area contributed by atoms with Gasteiger partial charge in [-0.05, 0) is 48.5 Å². The van der Waals surface area contributed by atoms with Gasteiger partial charge in [0.25, 0.3) is 5.91 Å². The Labute approximate surface area is 196 Å². The standard InChI is InChI=1S/C23H15Cl2F3N4O/c24-14-9-11-15(12-10-14)32-13-20(29-21(32)16-5-1-3-7-18(16)25)22(33)31-30-19-8-4-2-6-17(19)23(26,27)28/h1-13,30H,(H,31,33). The quantitative estimate of drug-likeness (QED) is 0.309. The van der Waals surface area contributed by atoms with Gasteiger partial charge in [0.2, 0.25) is 0 Å². The number of alkyl halides is 3. The lowest BCUT2D eigenvalue weighted by Crippen LogP contribution is -2.30. The summed E-state index contributed by atoms with van der Waals surface area (Å²) in [5.41, 5.74) is 4.62. The van der Waals surface area contributed by atoms with Crippen LogP contribution in [0.25, 0.3) is 17.1 Å². The minimum absolute atomic E-state index is 0.0307. The van der Waals surface area contributed by atoms with Gasteiger partial charge >= 0.3 is 6.18 Å². The van der Waals surface area contributed by atoms with E-state index in [1.165, 1.54) is 24.4 Å². The molecule has 0 aliphatic rings. The summed E-state index contributed by atoms with van der Waals surface area (Å²) in [6.07, 6.45) is -3.11. The van der Waals surface area contributed by atoms with Crippen LogP contribution < -0.4 is 10.9 Å². The largest absolute Gasteiger partial charge is 0.418 e. The zero-order valence-electron chi connectivity index (χ0n) is 16.7. The molecule has 10 heteroatoms. The van der Waals surface area contributed by atoms with Crippen LogP contribution in [0.4, 0.5) is 18.9 Å². The van der Waals surface area contributed by atoms with Crippen molar-refractivity contribution in [3.63, 3.8) is 0 Å². The maximum absolute atomic E-state index is 13.2. The monoisotopic (exact) mass is 490 g/mol. The van der Waals surface area contributed by atoms with Crippen LogP contribution in [0, 0.1) is 0 Å². The van der Waals surface area contributed by atoms with E-state index in [1.807, 2.05) is 0 Å². The van der Waals surface area contributed by atoms with Gasteiger partial charge in [0.05, 0.1) is 16.3 Å². The third-order valence-electron chi connectivity index (χ3n) is 4.70. The number of imidazole rings is 1. The Morgan fingerprint density at radius 3 is 2.27 bits per heavy atom. The lowest BCUT2D eigenvalue weighted by atomic mass is 10.2. The SMILES string of the molecule is O=C(NNc1ccccc1C(F)(F)F)c1cn(-c2ccc(Cl)cc2)c(-c2ccccc2Cl)n1. The van der Waals surface area contributed by atoms with E-state index in [4.69, 9.17) is 23.2 Å². The minimum Gasteiger partial charge on any atom is -0.299 e. The van der Waals surface area contributed by atoms with Gasteiger partial charge in [-0.25, -0.2) is 4.98 Å². The Balaban J connectivity index is 1.68. The van der Waals surface area contributed by atoms with Gasteiger partial charge in [0.1, 0.15) is 11.5 Å². The van der Waals surface area contributed by atoms with Gasteiger partial charge < -0.3 is 0 Å². The third-order valence-corrected chi connectivity index (χ3v) is 5.28. The Morgan fingerprint density at radius 2 is 1.58 bits per heavy atom. The average Bonchev–Trinajstić information content (AvgIpc) is 3.23. The van der Waals surface area contributed by atoms with Crippen LogP contribution in [0.15, 0.2) is 79.0 Å². The molecule has 168 valence electrons. The Hall–Kier alpha value is -3.49. The van der Waals surface area contributed by atoms with Crippen molar-refractivity contribution in [2.75, 3.05) is 5.43 Å². The second kappa shape index (κ2) is 9.17. The highest BCUT2D eigenvalue weighted by atomic mass is 35.5. The number of halogens is 5. The van der Waals surface area contributed by atoms with Gasteiger partial charge in [0, 0.05) is 22.5 Å². The molecule has 0 saturated heterocycles. The number of para-hydroxylation sites is 1. The van der Waals surface area contributed by atoms with Crippen LogP contribution in [0.2, 0.25) is 10.0 Å². The fourth-order valence-corrected chi connectivity index (χ4v) is 3.49. The second-order valence-corrected chi connectivity index (χ2v) is 7.74. The van der Waals surface area contributed by atoms with Crippen molar-refractivity contribution >= 4 is 34.8 Å². The number of anilines is 1. The normalized spacial score (nSPS) is 11.3. The fourth-order valence-electron chi connectivity index (χ4n) is 3.15. The Bertz CT molecular complexity index is 1300. The maximum Gasteiger partial charge on any atom is 0.418 e. The van der Waals surface area contributed by atoms with E-state index in [0.29, 0.717) is 27.1 Å². The number of amides is 1. The molecule has 3 aromatic carbocycles. The van der Waals surface area contributed by atoms with Crippen LogP contribution >= 0.6 is 23.2 Å². The topological polar surface area (TPSA) is 59.0 Å². The van der Waals surface area contributed by atoms with Crippen molar-refractivity contribution in [1.29, 1.82) is 0 Å². The number of benzene rings is 3. The van der Waals surface area contributed by atoms with Crippen molar-refractivity contribution < 1.29 is 18.0 Å². The van der Waals surface area contributed by atoms with E-state index in [0.717, 1.165) is 6.07 Å². The molecule has 1 aromatic heterocycles. The highest BCUT2D eigenvalue weighted by Gasteiger charge is 2.33. The molecule has 0 unspecified atom stereocenters. The molecule has 0 aliphatic carbocycles. The summed E-state index contributed by atoms with van der Waals surface area (Å²) in [6.45, 7) is 0. The molecule has 33 heavy (non-hydrogen) atoms. The third kappa shape index (κ3) is 4.97. The van der Waals surface area contributed by atoms with E-state index >= 15 is 0 Å². The second-order valence-electron chi connectivity index (χ2n) is 6.90. The number of nitrogens with one attached hydrogen (secondary N) is 2. The molecule has 0 fully saturated rings. The zero-order chi connectivity index (χ0) is 23.6. The molecule has 5 nitrogen and oxygen atoms in total. The predicted molar refractivity (Wildman–Crippen MR) is 122 cm³/mol. The Morgan fingerprint density at radius 1 is 0.909 bits per heavy atom. The van der Waals surface area contributed by atoms with Crippen LogP contribution in [-0.4, -0.2) is 15.5 Å². The number of aromatic nitrogens is 2. The number of carbonyl (C=O) groups is 1. The summed E-state index contributed by atoms with van der Waals surface area (Å²) in [6, 6.07) is 18.6. The number of hydrazine groups is 1. The van der Waals surface area contributed by atoms with Crippen molar-refractivity contribution in [3.05, 3.63) is 100 Å². The zero-order valence-corrected chi connectivity index (χ0v) is 18.2. The smallest absolute Gasteiger partial charge is 0.299 e. The first-order chi connectivity index (χ1) is 15.7. The molecule has 0 spiro atoms. The molecular formula is C23H15Cl2F3N4O. The predicted octanol–water partition coefficient (Wildman–Crippen LogP) is 6.62. The molecular weight excluding hydrogens is 476 g/mol. The molecule has 1 heterocycles. The maximum atomic E-state index is 13.2. The molecule has 2 N–H and O–H groups in total. The first-order valence-corrected chi connectivity index (χ1v) is 10.3. The van der Waals surface area contributed by atoms with Gasteiger partial charge in [-0.15, -0.1) is 0 Å². The molecule has 0 radical (unpaired) electrons. The first-order valence-electron chi connectivity index (χ1n) is 9.57. The number of carbonyl (C=O) groups excluding carboxylic acids is 1. The highest BCUT2D eigenvalue weighted by Crippen LogP contribution is 2.34. The van der Waals surface area contributed by atoms with Crippen molar-refractivity contribution in [1.82, 2.24) is 15.0 Å². The van der Waals surface area contributed by atoms with Gasteiger partial charge in [-0.1, -0.05) is 47.5 Å². The van der Waals surface area contributed by atoms with E-state index in [2.05, 4.69) is 15.8 Å². The Kier molecular flexibility index (Phi) is 6.31. The van der Waals surface area contributed by atoms with Crippen LogP contribution in [0.3, 0.4) is 0 Å². The molecule has 0 saturated carbocycles. The van der Waals surface area contributed by atoms with E-state index < -0.39 is 17.6 Å². The summed E-state index contributed by atoms with van der Waals surface area (Å²) in [5.74, 6) is -0.350. The van der Waals surface area contributed by atoms with Crippen molar-refractivity contribution in [2.45, 2.75) is 6.18 Å². The summed E-state index contributed by atoms with van der Waals surface area (Å²) in [5, 5.41) is 0.950. The number of hydrogen-bond acceptors (Lipinski definition) is 3. The molecule has 0 atom stereocenters. The summed E-state index contributed by atoms with van der Waals surface area (Å²) in [7, 11) is 0. The molecule has 0 aliphatic heterocycles. The summed E-state index contributed by atoms with van der Waals surface area (Å²) >= 11 is 12.3. The van der Waals surface area contributed by atoms with E-state index in [1.54, 1.807) is 53.1 Å². The van der Waals surface area contributed by atoms with Crippen LogP contribution in [0.1, 0.15) is 16.1 Å². The highest BCUT2D eigenvalue weighted by molar-refractivity contribution is 6.33. The van der Waals surface area contributed by atoms with E-state index in [9.17, 15) is 18.0 Å². The lowest BCUT2D eigenvalue weighted by Gasteiger charge is -2.14. The average molecular weight is 491 g/mol. The minimum atomic E-state index is -4.58. The van der Waals surface area contributed by atoms with Crippen molar-refractivity contribution in [2.24, 2.45) is 0 Å². The molecule has 0 bridgehead atoms. The lowest BCUT2D eigenvalue weighted by molar-refractivity contribution is -0.137. The molecule has 4 aromatic rings.